The Bertz CT molecular complexity index is 230. The lowest BCUT2D eigenvalue weighted by Crippen LogP contribution is -2.42. The highest BCUT2D eigenvalue weighted by atomic mass is 16.1. The molecule has 100 valence electrons. The van der Waals surface area contributed by atoms with Gasteiger partial charge in [0, 0.05) is 12.1 Å². The minimum atomic E-state index is 0.157. The summed E-state index contributed by atoms with van der Waals surface area (Å²) in [4.78, 5) is 11.8. The molecule has 0 spiro atoms. The van der Waals surface area contributed by atoms with E-state index in [0.717, 1.165) is 25.2 Å². The van der Waals surface area contributed by atoms with Gasteiger partial charge in [-0.25, -0.2) is 0 Å². The highest BCUT2D eigenvalue weighted by molar-refractivity contribution is 5.78. The molecule has 0 aromatic carbocycles. The van der Waals surface area contributed by atoms with Crippen molar-refractivity contribution in [2.75, 3.05) is 6.54 Å². The monoisotopic (exact) mass is 240 g/mol. The second-order valence-electron chi connectivity index (χ2n) is 5.57. The SMILES string of the molecule is CCC(C)NCC(=O)NC1CCCC(C)CC1. The van der Waals surface area contributed by atoms with Crippen LogP contribution in [0.15, 0.2) is 0 Å². The Hall–Kier alpha value is -0.570. The quantitative estimate of drug-likeness (QED) is 0.725. The molecule has 0 heterocycles. The second kappa shape index (κ2) is 7.70. The van der Waals surface area contributed by atoms with Gasteiger partial charge < -0.3 is 10.6 Å². The molecule has 0 aromatic rings. The molecule has 0 aromatic heterocycles. The van der Waals surface area contributed by atoms with Crippen LogP contribution in [0.5, 0.6) is 0 Å². The lowest BCUT2D eigenvalue weighted by Gasteiger charge is -2.18. The molecule has 1 rings (SSSR count). The van der Waals surface area contributed by atoms with Gasteiger partial charge in [-0.3, -0.25) is 4.79 Å². The summed E-state index contributed by atoms with van der Waals surface area (Å²) in [6.45, 7) is 7.01. The van der Waals surface area contributed by atoms with Crippen molar-refractivity contribution < 1.29 is 4.79 Å². The third-order valence-electron chi connectivity index (χ3n) is 3.85. The molecular formula is C14H28N2O. The van der Waals surface area contributed by atoms with E-state index in [-0.39, 0.29) is 5.91 Å². The molecule has 0 bridgehead atoms. The van der Waals surface area contributed by atoms with Crippen LogP contribution in [0.25, 0.3) is 0 Å². The minimum absolute atomic E-state index is 0.157. The molecule has 3 atom stereocenters. The van der Waals surface area contributed by atoms with E-state index in [1.54, 1.807) is 0 Å². The van der Waals surface area contributed by atoms with Crippen molar-refractivity contribution in [3.05, 3.63) is 0 Å². The van der Waals surface area contributed by atoms with E-state index >= 15 is 0 Å². The zero-order valence-corrected chi connectivity index (χ0v) is 11.6. The van der Waals surface area contributed by atoms with Crippen molar-refractivity contribution in [2.45, 2.75) is 71.4 Å². The van der Waals surface area contributed by atoms with Crippen molar-refractivity contribution in [1.82, 2.24) is 10.6 Å². The van der Waals surface area contributed by atoms with Crippen LogP contribution in [-0.4, -0.2) is 24.5 Å². The molecule has 1 aliphatic carbocycles. The van der Waals surface area contributed by atoms with Crippen molar-refractivity contribution in [3.63, 3.8) is 0 Å². The molecule has 3 heteroatoms. The van der Waals surface area contributed by atoms with Gasteiger partial charge in [-0.05, 0) is 38.5 Å². The molecule has 17 heavy (non-hydrogen) atoms. The molecule has 1 fully saturated rings. The largest absolute Gasteiger partial charge is 0.352 e. The van der Waals surface area contributed by atoms with E-state index in [1.165, 1.54) is 19.3 Å². The summed E-state index contributed by atoms with van der Waals surface area (Å²) in [6, 6.07) is 0.834. The van der Waals surface area contributed by atoms with Gasteiger partial charge in [-0.2, -0.15) is 0 Å². The molecule has 3 nitrogen and oxygen atoms in total. The summed E-state index contributed by atoms with van der Waals surface area (Å²) in [5.41, 5.74) is 0. The van der Waals surface area contributed by atoms with Gasteiger partial charge in [0.05, 0.1) is 6.54 Å². The van der Waals surface area contributed by atoms with Crippen LogP contribution in [0, 0.1) is 5.92 Å². The van der Waals surface area contributed by atoms with Gasteiger partial charge in [0.25, 0.3) is 0 Å². The van der Waals surface area contributed by atoms with E-state index in [4.69, 9.17) is 0 Å². The number of nitrogens with one attached hydrogen (secondary N) is 2. The molecule has 1 amide bonds. The van der Waals surface area contributed by atoms with Crippen LogP contribution in [0.4, 0.5) is 0 Å². The first kappa shape index (κ1) is 14.5. The maximum Gasteiger partial charge on any atom is 0.234 e. The minimum Gasteiger partial charge on any atom is -0.352 e. The Morgan fingerprint density at radius 3 is 2.76 bits per heavy atom. The fourth-order valence-corrected chi connectivity index (χ4v) is 2.32. The predicted molar refractivity (Wildman–Crippen MR) is 71.9 cm³/mol. The zero-order valence-electron chi connectivity index (χ0n) is 11.6. The maximum atomic E-state index is 11.8. The molecule has 2 N–H and O–H groups in total. The first-order chi connectivity index (χ1) is 8.11. The van der Waals surface area contributed by atoms with Gasteiger partial charge in [-0.15, -0.1) is 0 Å². The highest BCUT2D eigenvalue weighted by Gasteiger charge is 2.17. The smallest absolute Gasteiger partial charge is 0.234 e. The number of hydrogen-bond donors (Lipinski definition) is 2. The van der Waals surface area contributed by atoms with Gasteiger partial charge in [0.15, 0.2) is 0 Å². The number of amides is 1. The van der Waals surface area contributed by atoms with Crippen molar-refractivity contribution in [2.24, 2.45) is 5.92 Å². The Kier molecular flexibility index (Phi) is 6.56. The first-order valence-electron chi connectivity index (χ1n) is 7.14. The third kappa shape index (κ3) is 6.06. The van der Waals surface area contributed by atoms with Crippen LogP contribution in [0.1, 0.15) is 59.3 Å². The average molecular weight is 240 g/mol. The van der Waals surface area contributed by atoms with Crippen molar-refractivity contribution in [3.8, 4) is 0 Å². The summed E-state index contributed by atoms with van der Waals surface area (Å²) >= 11 is 0. The van der Waals surface area contributed by atoms with Crippen LogP contribution in [-0.2, 0) is 4.79 Å². The summed E-state index contributed by atoms with van der Waals surface area (Å²) in [5.74, 6) is 0.986. The van der Waals surface area contributed by atoms with Gasteiger partial charge in [0.1, 0.15) is 0 Å². The fourth-order valence-electron chi connectivity index (χ4n) is 2.32. The summed E-state index contributed by atoms with van der Waals surface area (Å²) < 4.78 is 0. The zero-order chi connectivity index (χ0) is 12.7. The predicted octanol–water partition coefficient (Wildman–Crippen LogP) is 2.46. The normalized spacial score (nSPS) is 27.2. The first-order valence-corrected chi connectivity index (χ1v) is 7.14. The van der Waals surface area contributed by atoms with Crippen LogP contribution >= 0.6 is 0 Å². The number of carbonyl (C=O) groups is 1. The number of carbonyl (C=O) groups excluding carboxylic acids is 1. The number of rotatable bonds is 5. The fraction of sp³-hybridized carbons (Fsp3) is 0.929. The summed E-state index contributed by atoms with van der Waals surface area (Å²) in [5, 5.41) is 6.39. The average Bonchev–Trinajstić information content (AvgIpc) is 2.51. The molecule has 1 saturated carbocycles. The molecule has 1 aliphatic rings. The molecule has 0 aliphatic heterocycles. The van der Waals surface area contributed by atoms with Crippen molar-refractivity contribution >= 4 is 5.91 Å². The maximum absolute atomic E-state index is 11.8. The van der Waals surface area contributed by atoms with Crippen LogP contribution < -0.4 is 10.6 Å². The van der Waals surface area contributed by atoms with E-state index in [1.807, 2.05) is 0 Å². The Balaban J connectivity index is 2.21. The van der Waals surface area contributed by atoms with Gasteiger partial charge >= 0.3 is 0 Å². The van der Waals surface area contributed by atoms with Crippen LogP contribution in [0.2, 0.25) is 0 Å². The van der Waals surface area contributed by atoms with E-state index < -0.39 is 0 Å². The van der Waals surface area contributed by atoms with Crippen LogP contribution in [0.3, 0.4) is 0 Å². The summed E-state index contributed by atoms with van der Waals surface area (Å²) in [6.07, 6.45) is 7.19. The lowest BCUT2D eigenvalue weighted by molar-refractivity contribution is -0.121. The van der Waals surface area contributed by atoms with E-state index in [0.29, 0.717) is 18.6 Å². The molecular weight excluding hydrogens is 212 g/mol. The van der Waals surface area contributed by atoms with E-state index in [2.05, 4.69) is 31.4 Å². The Morgan fingerprint density at radius 2 is 2.06 bits per heavy atom. The second-order valence-corrected chi connectivity index (χ2v) is 5.57. The van der Waals surface area contributed by atoms with Gasteiger partial charge in [-0.1, -0.05) is 26.7 Å². The Morgan fingerprint density at radius 1 is 1.29 bits per heavy atom. The van der Waals surface area contributed by atoms with Crippen molar-refractivity contribution in [1.29, 1.82) is 0 Å². The third-order valence-corrected chi connectivity index (χ3v) is 3.85. The number of hydrogen-bond acceptors (Lipinski definition) is 2. The Labute approximate surface area is 106 Å². The molecule has 0 radical (unpaired) electrons. The highest BCUT2D eigenvalue weighted by Crippen LogP contribution is 2.22. The lowest BCUT2D eigenvalue weighted by atomic mass is 10.0. The summed E-state index contributed by atoms with van der Waals surface area (Å²) in [7, 11) is 0. The standard InChI is InChI=1S/C14H28N2O/c1-4-12(3)15-10-14(17)16-13-7-5-6-11(2)8-9-13/h11-13,15H,4-10H2,1-3H3,(H,16,17). The van der Waals surface area contributed by atoms with E-state index in [9.17, 15) is 4.79 Å². The molecule has 0 saturated heterocycles. The topological polar surface area (TPSA) is 41.1 Å². The molecule has 3 unspecified atom stereocenters. The van der Waals surface area contributed by atoms with Gasteiger partial charge in [0.2, 0.25) is 5.91 Å².